The zero-order valence-electron chi connectivity index (χ0n) is 9.12. The van der Waals surface area contributed by atoms with Gasteiger partial charge in [-0.2, -0.15) is 0 Å². The van der Waals surface area contributed by atoms with Crippen molar-refractivity contribution in [3.05, 3.63) is 12.2 Å². The summed E-state index contributed by atoms with van der Waals surface area (Å²) in [6.07, 6.45) is 6.86. The number of ether oxygens (including phenoxy) is 1. The normalized spacial score (nSPS) is 38.0. The monoisotopic (exact) mass is 212 g/mol. The first kappa shape index (κ1) is 10.6. The van der Waals surface area contributed by atoms with E-state index in [1.54, 1.807) is 0 Å². The SMILES string of the molecule is COC(=O)CC[C@]12C=C[C@](C)(CC1)OO2. The molecule has 1 fully saturated rings. The second-order valence-electron chi connectivity index (χ2n) is 4.45. The predicted molar refractivity (Wildman–Crippen MR) is 52.9 cm³/mol. The molecule has 2 bridgehead atoms. The average Bonchev–Trinajstić information content (AvgIpc) is 2.28. The molecule has 0 amide bonds. The lowest BCUT2D eigenvalue weighted by Crippen LogP contribution is -2.48. The zero-order chi connectivity index (χ0) is 10.9. The van der Waals surface area contributed by atoms with Crippen LogP contribution in [0.5, 0.6) is 0 Å². The predicted octanol–water partition coefficient (Wildman–Crippen LogP) is 1.75. The van der Waals surface area contributed by atoms with Gasteiger partial charge in [0.25, 0.3) is 0 Å². The quantitative estimate of drug-likeness (QED) is 0.406. The molecular weight excluding hydrogens is 196 g/mol. The van der Waals surface area contributed by atoms with Crippen LogP contribution in [0.25, 0.3) is 0 Å². The van der Waals surface area contributed by atoms with Crippen LogP contribution in [-0.4, -0.2) is 24.3 Å². The molecule has 4 heteroatoms. The number of rotatable bonds is 3. The fraction of sp³-hybridized carbons (Fsp3) is 0.727. The fourth-order valence-electron chi connectivity index (χ4n) is 1.94. The van der Waals surface area contributed by atoms with Gasteiger partial charge in [-0.3, -0.25) is 4.79 Å². The number of hydrogen-bond acceptors (Lipinski definition) is 4. The van der Waals surface area contributed by atoms with Gasteiger partial charge in [-0.1, -0.05) is 12.2 Å². The minimum atomic E-state index is -0.411. The Morgan fingerprint density at radius 2 is 2.20 bits per heavy atom. The van der Waals surface area contributed by atoms with E-state index in [4.69, 9.17) is 9.78 Å². The Morgan fingerprint density at radius 1 is 1.40 bits per heavy atom. The number of methoxy groups -OCH3 is 1. The minimum absolute atomic E-state index is 0.208. The number of carbonyl (C=O) groups is 1. The highest BCUT2D eigenvalue weighted by atomic mass is 17.2. The topological polar surface area (TPSA) is 44.8 Å². The van der Waals surface area contributed by atoms with Crippen LogP contribution in [0.3, 0.4) is 0 Å². The summed E-state index contributed by atoms with van der Waals surface area (Å²) in [4.78, 5) is 21.7. The molecule has 0 N–H and O–H groups in total. The van der Waals surface area contributed by atoms with Crippen molar-refractivity contribution in [3.63, 3.8) is 0 Å². The molecule has 3 aliphatic rings. The molecule has 84 valence electrons. The molecule has 4 nitrogen and oxygen atoms in total. The lowest BCUT2D eigenvalue weighted by Gasteiger charge is -2.45. The molecule has 0 aromatic carbocycles. The van der Waals surface area contributed by atoms with Crippen LogP contribution >= 0.6 is 0 Å². The molecular formula is C11H16O4. The summed E-state index contributed by atoms with van der Waals surface area (Å²) < 4.78 is 4.60. The maximum atomic E-state index is 11.0. The van der Waals surface area contributed by atoms with Crippen LogP contribution in [0.1, 0.15) is 32.6 Å². The Morgan fingerprint density at radius 3 is 2.67 bits per heavy atom. The Labute approximate surface area is 89.1 Å². The highest BCUT2D eigenvalue weighted by Crippen LogP contribution is 2.42. The van der Waals surface area contributed by atoms with Gasteiger partial charge in [0.15, 0.2) is 0 Å². The lowest BCUT2D eigenvalue weighted by atomic mass is 9.80. The van der Waals surface area contributed by atoms with Crippen LogP contribution < -0.4 is 0 Å². The van der Waals surface area contributed by atoms with Gasteiger partial charge in [-0.05, 0) is 26.2 Å². The van der Waals surface area contributed by atoms with Gasteiger partial charge >= 0.3 is 5.97 Å². The van der Waals surface area contributed by atoms with Crippen LogP contribution in [0.15, 0.2) is 12.2 Å². The smallest absolute Gasteiger partial charge is 0.305 e. The van der Waals surface area contributed by atoms with E-state index in [2.05, 4.69) is 4.74 Å². The number of carbonyl (C=O) groups excluding carboxylic acids is 1. The van der Waals surface area contributed by atoms with Crippen molar-refractivity contribution in [1.82, 2.24) is 0 Å². The van der Waals surface area contributed by atoms with Crippen molar-refractivity contribution in [2.24, 2.45) is 0 Å². The van der Waals surface area contributed by atoms with E-state index in [0.717, 1.165) is 12.8 Å². The molecule has 1 saturated heterocycles. The Balaban J connectivity index is 1.98. The molecule has 15 heavy (non-hydrogen) atoms. The van der Waals surface area contributed by atoms with Gasteiger partial charge < -0.3 is 4.74 Å². The highest BCUT2D eigenvalue weighted by molar-refractivity contribution is 5.69. The number of esters is 1. The average molecular weight is 212 g/mol. The van der Waals surface area contributed by atoms with Crippen molar-refractivity contribution < 1.29 is 19.3 Å². The molecule has 1 aliphatic carbocycles. The standard InChI is InChI=1S/C11H16O4/c1-10-5-7-11(8-6-10,15-14-10)4-3-9(12)13-2/h5,7H,3-4,6,8H2,1-2H3/t10-,11+/m1/s1. The molecule has 0 spiro atoms. The molecule has 2 heterocycles. The van der Waals surface area contributed by atoms with Crippen molar-refractivity contribution >= 4 is 5.97 Å². The molecule has 3 rings (SSSR count). The van der Waals surface area contributed by atoms with Crippen molar-refractivity contribution in [2.75, 3.05) is 7.11 Å². The Bertz CT molecular complexity index is 287. The maximum absolute atomic E-state index is 11.0. The van der Waals surface area contributed by atoms with Gasteiger partial charge in [0.2, 0.25) is 0 Å². The van der Waals surface area contributed by atoms with Gasteiger partial charge in [0, 0.05) is 6.42 Å². The van der Waals surface area contributed by atoms with E-state index in [0.29, 0.717) is 12.8 Å². The van der Waals surface area contributed by atoms with E-state index in [1.807, 2.05) is 19.1 Å². The second-order valence-corrected chi connectivity index (χ2v) is 4.45. The third-order valence-electron chi connectivity index (χ3n) is 3.16. The Kier molecular flexibility index (Phi) is 2.56. The number of fused-ring (bicyclic) bond motifs is 2. The maximum Gasteiger partial charge on any atom is 0.305 e. The molecule has 2 atom stereocenters. The highest BCUT2D eigenvalue weighted by Gasteiger charge is 2.45. The van der Waals surface area contributed by atoms with E-state index >= 15 is 0 Å². The largest absolute Gasteiger partial charge is 0.469 e. The molecule has 0 radical (unpaired) electrons. The molecule has 0 aromatic rings. The van der Waals surface area contributed by atoms with Gasteiger partial charge in [-0.25, -0.2) is 9.78 Å². The van der Waals surface area contributed by atoms with Crippen molar-refractivity contribution in [3.8, 4) is 0 Å². The molecule has 0 aromatic heterocycles. The van der Waals surface area contributed by atoms with Crippen molar-refractivity contribution in [1.29, 1.82) is 0 Å². The van der Waals surface area contributed by atoms with E-state index in [9.17, 15) is 4.79 Å². The van der Waals surface area contributed by atoms with Crippen LogP contribution in [0.2, 0.25) is 0 Å². The van der Waals surface area contributed by atoms with Gasteiger partial charge in [-0.15, -0.1) is 0 Å². The minimum Gasteiger partial charge on any atom is -0.469 e. The summed E-state index contributed by atoms with van der Waals surface area (Å²) in [5.74, 6) is -0.208. The zero-order valence-corrected chi connectivity index (χ0v) is 9.12. The summed E-state index contributed by atoms with van der Waals surface area (Å²) in [7, 11) is 1.39. The second kappa shape index (κ2) is 3.61. The summed E-state index contributed by atoms with van der Waals surface area (Å²) in [5, 5.41) is 0. The van der Waals surface area contributed by atoms with Gasteiger partial charge in [0.05, 0.1) is 7.11 Å². The van der Waals surface area contributed by atoms with Crippen LogP contribution in [0, 0.1) is 0 Å². The third-order valence-corrected chi connectivity index (χ3v) is 3.16. The summed E-state index contributed by atoms with van der Waals surface area (Å²) in [6.45, 7) is 1.99. The summed E-state index contributed by atoms with van der Waals surface area (Å²) in [6, 6.07) is 0. The molecule has 0 unspecified atom stereocenters. The number of hydrogen-bond donors (Lipinski definition) is 0. The van der Waals surface area contributed by atoms with E-state index < -0.39 is 5.60 Å². The first-order valence-electron chi connectivity index (χ1n) is 5.22. The van der Waals surface area contributed by atoms with Crippen LogP contribution in [0.4, 0.5) is 0 Å². The van der Waals surface area contributed by atoms with Crippen LogP contribution in [-0.2, 0) is 19.3 Å². The molecule has 0 saturated carbocycles. The molecule has 2 aliphatic heterocycles. The van der Waals surface area contributed by atoms with E-state index in [-0.39, 0.29) is 11.6 Å². The van der Waals surface area contributed by atoms with Gasteiger partial charge in [0.1, 0.15) is 11.2 Å². The lowest BCUT2D eigenvalue weighted by molar-refractivity contribution is -0.424. The summed E-state index contributed by atoms with van der Waals surface area (Å²) >= 11 is 0. The Hall–Kier alpha value is -0.870. The van der Waals surface area contributed by atoms with Crippen molar-refractivity contribution in [2.45, 2.75) is 43.8 Å². The third kappa shape index (κ3) is 2.06. The summed E-state index contributed by atoms with van der Waals surface area (Å²) in [5.41, 5.74) is -0.682. The first-order chi connectivity index (χ1) is 7.08. The fourth-order valence-corrected chi connectivity index (χ4v) is 1.94. The van der Waals surface area contributed by atoms with E-state index in [1.165, 1.54) is 7.11 Å². The first-order valence-corrected chi connectivity index (χ1v) is 5.22.